The number of benzene rings is 3. The van der Waals surface area contributed by atoms with Crippen LogP contribution in [0, 0.1) is 12.8 Å². The summed E-state index contributed by atoms with van der Waals surface area (Å²) >= 11 is 0. The molecule has 206 valence electrons. The van der Waals surface area contributed by atoms with E-state index in [1.54, 1.807) is 47.4 Å². The number of carbonyl (C=O) groups excluding carboxylic acids is 4. The van der Waals surface area contributed by atoms with Crippen molar-refractivity contribution < 1.29 is 29.2 Å². The number of Topliss-reactive ketones (excluding diaryl/α,β-unsaturated/α-hetero) is 1. The molecule has 0 saturated carbocycles. The number of piperazine rings is 1. The summed E-state index contributed by atoms with van der Waals surface area (Å²) in [5.74, 6) is -1.86. The van der Waals surface area contributed by atoms with Gasteiger partial charge in [0.2, 0.25) is 0 Å². The van der Waals surface area contributed by atoms with Crippen LogP contribution in [-0.2, 0) is 4.79 Å². The Morgan fingerprint density at radius 3 is 2.05 bits per heavy atom. The zero-order chi connectivity index (χ0) is 29.5. The molecule has 1 aromatic heterocycles. The molecule has 4 N–H and O–H groups in total. The summed E-state index contributed by atoms with van der Waals surface area (Å²) in [5, 5.41) is 21.7. The average molecular weight is 550 g/mol. The first-order valence-electron chi connectivity index (χ1n) is 12.7. The molecule has 1 aliphatic heterocycles. The lowest BCUT2D eigenvalue weighted by molar-refractivity contribution is -0.127. The Hall–Kier alpha value is -5.18. The summed E-state index contributed by atoms with van der Waals surface area (Å²) in [6, 6.07) is 19.8. The van der Waals surface area contributed by atoms with E-state index in [9.17, 15) is 29.2 Å². The van der Waals surface area contributed by atoms with Crippen LogP contribution in [0.4, 0.5) is 5.69 Å². The maximum atomic E-state index is 13.2. The summed E-state index contributed by atoms with van der Waals surface area (Å²) in [6.07, 6.45) is 9.45. The second-order valence-corrected chi connectivity index (χ2v) is 9.16. The number of carbonyl (C=O) groups is 4. The first-order chi connectivity index (χ1) is 19.8. The molecule has 0 bridgehead atoms. The Labute approximate surface area is 236 Å². The van der Waals surface area contributed by atoms with Crippen molar-refractivity contribution in [2.24, 2.45) is 0 Å². The van der Waals surface area contributed by atoms with Crippen LogP contribution in [0.1, 0.15) is 31.1 Å². The maximum absolute atomic E-state index is 13.2. The minimum Gasteiger partial charge on any atom is -0.423 e. The largest absolute Gasteiger partial charge is 0.488 e. The number of aromatic amines is 1. The normalized spacial score (nSPS) is 12.7. The van der Waals surface area contributed by atoms with E-state index >= 15 is 0 Å². The van der Waals surface area contributed by atoms with Crippen LogP contribution in [-0.4, -0.2) is 81.6 Å². The lowest BCUT2D eigenvalue weighted by Gasteiger charge is -2.34. The van der Waals surface area contributed by atoms with E-state index in [1.165, 1.54) is 35.4 Å². The highest BCUT2D eigenvalue weighted by molar-refractivity contribution is 6.58. The molecule has 0 spiro atoms. The van der Waals surface area contributed by atoms with Gasteiger partial charge in [0.05, 0.1) is 16.8 Å². The number of aromatic nitrogens is 1. The quantitative estimate of drug-likeness (QED) is 0.124. The minimum atomic E-state index is -1.63. The molecule has 0 aliphatic carbocycles. The highest BCUT2D eigenvalue weighted by Crippen LogP contribution is 2.27. The number of nitrogens with zero attached hydrogens (tertiary/aromatic N) is 2. The molecule has 41 heavy (non-hydrogen) atoms. The number of nitrogens with one attached hydrogen (secondary N) is 2. The summed E-state index contributed by atoms with van der Waals surface area (Å²) in [6.45, 7) is 1.15. The molecule has 0 radical (unpaired) electrons. The van der Waals surface area contributed by atoms with Crippen molar-refractivity contribution in [3.05, 3.63) is 95.7 Å². The van der Waals surface area contributed by atoms with Crippen molar-refractivity contribution in [1.82, 2.24) is 14.8 Å². The molecule has 4 aromatic rings. The van der Waals surface area contributed by atoms with Crippen LogP contribution >= 0.6 is 0 Å². The molecule has 11 heteroatoms. The molecular formula is C30H27BN4O6. The fourth-order valence-electron chi connectivity index (χ4n) is 4.58. The van der Waals surface area contributed by atoms with Crippen LogP contribution in [0.3, 0.4) is 0 Å². The number of anilines is 1. The van der Waals surface area contributed by atoms with Gasteiger partial charge < -0.3 is 30.1 Å². The van der Waals surface area contributed by atoms with Gasteiger partial charge in [-0.2, -0.15) is 0 Å². The third-order valence-corrected chi connectivity index (χ3v) is 6.75. The van der Waals surface area contributed by atoms with Crippen molar-refractivity contribution in [3.8, 4) is 12.8 Å². The van der Waals surface area contributed by atoms with E-state index < -0.39 is 24.7 Å². The first-order valence-corrected chi connectivity index (χ1v) is 12.7. The zero-order valence-electron chi connectivity index (χ0n) is 22.0. The SMILES string of the molecule is C#C.O=C(Nc1cccc2c(C(=O)C(=O)N3CCN(C(=O)c4ccccc4)CC3)c[nH]c12)c1ccc(B(O)O)cc1. The predicted molar refractivity (Wildman–Crippen MR) is 156 cm³/mol. The lowest BCUT2D eigenvalue weighted by atomic mass is 9.80. The van der Waals surface area contributed by atoms with E-state index in [0.717, 1.165) is 0 Å². The molecule has 3 amide bonds. The van der Waals surface area contributed by atoms with Gasteiger partial charge in [-0.1, -0.05) is 42.5 Å². The van der Waals surface area contributed by atoms with Crippen molar-refractivity contribution in [2.45, 2.75) is 0 Å². The van der Waals surface area contributed by atoms with Crippen LogP contribution in [0.5, 0.6) is 0 Å². The van der Waals surface area contributed by atoms with Gasteiger partial charge >= 0.3 is 7.12 Å². The fraction of sp³-hybridized carbons (Fsp3) is 0.133. The zero-order valence-corrected chi connectivity index (χ0v) is 22.0. The molecule has 3 aromatic carbocycles. The molecule has 0 unspecified atom stereocenters. The van der Waals surface area contributed by atoms with Gasteiger partial charge in [0.25, 0.3) is 23.5 Å². The highest BCUT2D eigenvalue weighted by atomic mass is 16.4. The fourth-order valence-corrected chi connectivity index (χ4v) is 4.58. The first kappa shape index (κ1) is 28.8. The number of terminal acetylenes is 1. The Morgan fingerprint density at radius 2 is 1.41 bits per heavy atom. The number of fused-ring (bicyclic) bond motifs is 1. The standard InChI is InChI=1S/C28H25BN4O6.C2H2/c34-25(28(37)33-15-13-32(14-16-33)27(36)19-5-2-1-3-6-19)22-17-30-24-21(22)7-4-8-23(24)31-26(35)18-9-11-20(12-10-18)29(38)39;1-2/h1-12,17,30,38-39H,13-16H2,(H,31,35);1-2H. The third kappa shape index (κ3) is 6.20. The van der Waals surface area contributed by atoms with Crippen LogP contribution in [0.15, 0.2) is 79.0 Å². The van der Waals surface area contributed by atoms with Crippen LogP contribution in [0.2, 0.25) is 0 Å². The minimum absolute atomic E-state index is 0.109. The number of ketones is 1. The van der Waals surface area contributed by atoms with Gasteiger partial charge in [-0.3, -0.25) is 19.2 Å². The third-order valence-electron chi connectivity index (χ3n) is 6.75. The summed E-state index contributed by atoms with van der Waals surface area (Å²) in [5.41, 5.74) is 2.24. The maximum Gasteiger partial charge on any atom is 0.488 e. The number of rotatable bonds is 6. The Balaban J connectivity index is 0.00000189. The van der Waals surface area contributed by atoms with E-state index in [0.29, 0.717) is 40.8 Å². The van der Waals surface area contributed by atoms with Crippen LogP contribution in [0.25, 0.3) is 10.9 Å². The van der Waals surface area contributed by atoms with Crippen molar-refractivity contribution in [3.63, 3.8) is 0 Å². The molecule has 1 aliphatic rings. The summed E-state index contributed by atoms with van der Waals surface area (Å²) in [7, 11) is -1.63. The highest BCUT2D eigenvalue weighted by Gasteiger charge is 2.30. The van der Waals surface area contributed by atoms with Gasteiger partial charge in [-0.25, -0.2) is 0 Å². The van der Waals surface area contributed by atoms with E-state index in [4.69, 9.17) is 0 Å². The van der Waals surface area contributed by atoms with Crippen molar-refractivity contribution in [2.75, 3.05) is 31.5 Å². The van der Waals surface area contributed by atoms with Gasteiger partial charge in [-0.15, -0.1) is 12.8 Å². The summed E-state index contributed by atoms with van der Waals surface area (Å²) < 4.78 is 0. The molecule has 1 saturated heterocycles. The molecule has 2 heterocycles. The molecule has 0 atom stereocenters. The molecule has 10 nitrogen and oxygen atoms in total. The van der Waals surface area contributed by atoms with Gasteiger partial charge in [0.1, 0.15) is 0 Å². The van der Waals surface area contributed by atoms with Crippen molar-refractivity contribution >= 4 is 52.7 Å². The van der Waals surface area contributed by atoms with Crippen molar-refractivity contribution in [1.29, 1.82) is 0 Å². The number of para-hydroxylation sites is 1. The van der Waals surface area contributed by atoms with E-state index in [1.807, 2.05) is 6.07 Å². The van der Waals surface area contributed by atoms with Gasteiger partial charge in [0.15, 0.2) is 0 Å². The lowest BCUT2D eigenvalue weighted by Crippen LogP contribution is -2.52. The van der Waals surface area contributed by atoms with Gasteiger partial charge in [0, 0.05) is 48.9 Å². The Kier molecular flexibility index (Phi) is 8.99. The Morgan fingerprint density at radius 1 is 0.780 bits per heavy atom. The van der Waals surface area contributed by atoms with E-state index in [-0.39, 0.29) is 30.0 Å². The second-order valence-electron chi connectivity index (χ2n) is 9.16. The Bertz CT molecular complexity index is 1590. The number of hydrogen-bond donors (Lipinski definition) is 4. The molecular weight excluding hydrogens is 523 g/mol. The number of hydrogen-bond acceptors (Lipinski definition) is 6. The predicted octanol–water partition coefficient (Wildman–Crippen LogP) is 1.52. The smallest absolute Gasteiger partial charge is 0.423 e. The average Bonchev–Trinajstić information content (AvgIpc) is 3.47. The molecule has 5 rings (SSSR count). The molecule has 1 fully saturated rings. The van der Waals surface area contributed by atoms with E-state index in [2.05, 4.69) is 23.1 Å². The summed E-state index contributed by atoms with van der Waals surface area (Å²) in [4.78, 5) is 57.8. The van der Waals surface area contributed by atoms with Crippen LogP contribution < -0.4 is 10.8 Å². The van der Waals surface area contributed by atoms with Gasteiger partial charge in [-0.05, 0) is 35.8 Å². The monoisotopic (exact) mass is 550 g/mol. The number of amides is 3. The number of H-pyrrole nitrogens is 1. The topological polar surface area (TPSA) is 143 Å². The second kappa shape index (κ2) is 12.8.